The topological polar surface area (TPSA) is 52.1 Å². The van der Waals surface area contributed by atoms with Gasteiger partial charge in [0.2, 0.25) is 0 Å². The minimum Gasteiger partial charge on any atom is -0.494 e. The first-order valence-electron chi connectivity index (χ1n) is 10.4. The number of benzene rings is 1. The van der Waals surface area contributed by atoms with Gasteiger partial charge in [0.25, 0.3) is 0 Å². The second kappa shape index (κ2) is 15.8. The van der Waals surface area contributed by atoms with Crippen LogP contribution in [0.25, 0.3) is 0 Å². The molecule has 2 rings (SSSR count). The fourth-order valence-corrected chi connectivity index (χ4v) is 3.20. The van der Waals surface area contributed by atoms with Crippen LogP contribution in [0.2, 0.25) is 0 Å². The van der Waals surface area contributed by atoms with E-state index in [1.54, 1.807) is 0 Å². The Hall–Kier alpha value is -1.06. The van der Waals surface area contributed by atoms with Crippen molar-refractivity contribution in [3.05, 3.63) is 30.3 Å². The van der Waals surface area contributed by atoms with Gasteiger partial charge in [0.1, 0.15) is 5.75 Å². The number of ether oxygens (including phenoxy) is 1. The number of para-hydroxylation sites is 1. The number of nitrogens with one attached hydrogen (secondary N) is 2. The third-order valence-corrected chi connectivity index (χ3v) is 4.95. The van der Waals surface area contributed by atoms with Crippen LogP contribution in [-0.2, 0) is 0 Å². The first-order valence-corrected chi connectivity index (χ1v) is 10.4. The molecule has 1 saturated heterocycles. The van der Waals surface area contributed by atoms with Gasteiger partial charge in [-0.25, -0.2) is 0 Å². The molecule has 6 nitrogen and oxygen atoms in total. The van der Waals surface area contributed by atoms with Crippen LogP contribution in [0.1, 0.15) is 26.2 Å². The van der Waals surface area contributed by atoms with Gasteiger partial charge in [-0.3, -0.25) is 4.99 Å². The fourth-order valence-electron chi connectivity index (χ4n) is 3.20. The fraction of sp³-hybridized carbons (Fsp3) is 0.667. The molecule has 1 aromatic carbocycles. The minimum atomic E-state index is 0. The van der Waals surface area contributed by atoms with Crippen molar-refractivity contribution in [2.45, 2.75) is 26.2 Å². The van der Waals surface area contributed by atoms with E-state index >= 15 is 0 Å². The Labute approximate surface area is 188 Å². The summed E-state index contributed by atoms with van der Waals surface area (Å²) in [6.45, 7) is 12.1. The molecule has 0 bridgehead atoms. The second-order valence-corrected chi connectivity index (χ2v) is 6.92. The summed E-state index contributed by atoms with van der Waals surface area (Å²) in [5, 5.41) is 6.75. The molecule has 1 aliphatic rings. The summed E-state index contributed by atoms with van der Waals surface area (Å²) in [5.41, 5.74) is 0. The number of piperazine rings is 1. The van der Waals surface area contributed by atoms with Crippen molar-refractivity contribution in [2.24, 2.45) is 4.99 Å². The van der Waals surface area contributed by atoms with Gasteiger partial charge in [-0.2, -0.15) is 0 Å². The van der Waals surface area contributed by atoms with Gasteiger partial charge in [-0.1, -0.05) is 25.1 Å². The van der Waals surface area contributed by atoms with Gasteiger partial charge in [0.15, 0.2) is 5.96 Å². The Morgan fingerprint density at radius 3 is 2.25 bits per heavy atom. The smallest absolute Gasteiger partial charge is 0.190 e. The number of likely N-dealkylation sites (N-methyl/N-ethyl adjacent to an activating group) is 1. The Morgan fingerprint density at radius 1 is 0.964 bits per heavy atom. The normalized spacial score (nSPS) is 15.7. The predicted molar refractivity (Wildman–Crippen MR) is 129 cm³/mol. The van der Waals surface area contributed by atoms with Crippen LogP contribution in [0.4, 0.5) is 0 Å². The van der Waals surface area contributed by atoms with E-state index < -0.39 is 0 Å². The zero-order chi connectivity index (χ0) is 19.2. The predicted octanol–water partition coefficient (Wildman–Crippen LogP) is 2.66. The molecule has 1 fully saturated rings. The van der Waals surface area contributed by atoms with Gasteiger partial charge >= 0.3 is 0 Å². The Bertz CT molecular complexity index is 521. The van der Waals surface area contributed by atoms with Gasteiger partial charge in [-0.15, -0.1) is 24.0 Å². The number of aliphatic imine (C=N–C) groups is 1. The summed E-state index contributed by atoms with van der Waals surface area (Å²) in [7, 11) is 1.82. The second-order valence-electron chi connectivity index (χ2n) is 6.92. The third kappa shape index (κ3) is 10.5. The van der Waals surface area contributed by atoms with Crippen LogP contribution >= 0.6 is 24.0 Å². The molecule has 0 saturated carbocycles. The quantitative estimate of drug-likeness (QED) is 0.211. The molecule has 0 atom stereocenters. The lowest BCUT2D eigenvalue weighted by molar-refractivity contribution is 0.136. The van der Waals surface area contributed by atoms with Crippen molar-refractivity contribution >= 4 is 29.9 Å². The maximum absolute atomic E-state index is 5.70. The molecule has 0 aliphatic carbocycles. The van der Waals surface area contributed by atoms with Crippen molar-refractivity contribution < 1.29 is 4.74 Å². The average Bonchev–Trinajstić information content (AvgIpc) is 2.73. The molecular weight excluding hydrogens is 465 g/mol. The highest BCUT2D eigenvalue weighted by Gasteiger charge is 2.14. The summed E-state index contributed by atoms with van der Waals surface area (Å²) in [6, 6.07) is 9.95. The van der Waals surface area contributed by atoms with E-state index in [2.05, 4.69) is 32.3 Å². The lowest BCUT2D eigenvalue weighted by Gasteiger charge is -2.34. The molecule has 1 aromatic rings. The Kier molecular flexibility index (Phi) is 14.1. The lowest BCUT2D eigenvalue weighted by Crippen LogP contribution is -2.46. The molecule has 0 aromatic heterocycles. The zero-order valence-corrected chi connectivity index (χ0v) is 19.9. The number of halogens is 1. The van der Waals surface area contributed by atoms with E-state index in [4.69, 9.17) is 4.74 Å². The molecule has 0 spiro atoms. The SMILES string of the molecule is CCN1CCN(CCCCNC(=NC)NCCCOc2ccccc2)CC1.I. The summed E-state index contributed by atoms with van der Waals surface area (Å²) in [6.07, 6.45) is 3.35. The summed E-state index contributed by atoms with van der Waals surface area (Å²) >= 11 is 0. The van der Waals surface area contributed by atoms with Gasteiger partial charge in [0.05, 0.1) is 6.61 Å². The summed E-state index contributed by atoms with van der Waals surface area (Å²) < 4.78 is 5.70. The first kappa shape index (κ1) is 25.0. The molecule has 160 valence electrons. The molecule has 0 unspecified atom stereocenters. The number of nitrogens with zero attached hydrogens (tertiary/aromatic N) is 3. The Morgan fingerprint density at radius 2 is 1.61 bits per heavy atom. The molecule has 0 amide bonds. The van der Waals surface area contributed by atoms with Crippen LogP contribution < -0.4 is 15.4 Å². The third-order valence-electron chi connectivity index (χ3n) is 4.95. The summed E-state index contributed by atoms with van der Waals surface area (Å²) in [4.78, 5) is 9.40. The van der Waals surface area contributed by atoms with Gasteiger partial charge in [-0.05, 0) is 44.5 Å². The maximum atomic E-state index is 5.70. The highest BCUT2D eigenvalue weighted by atomic mass is 127. The number of hydrogen-bond donors (Lipinski definition) is 2. The standard InChI is InChI=1S/C21H37N5O.HI/c1-3-25-15-17-26(18-16-25)14-8-7-12-23-21(22-2)24-13-9-19-27-20-10-5-4-6-11-20;/h4-6,10-11H,3,7-9,12-19H2,1-2H3,(H2,22,23,24);1H. The van der Waals surface area contributed by atoms with E-state index in [0.717, 1.165) is 31.2 Å². The average molecular weight is 503 g/mol. The van der Waals surface area contributed by atoms with Crippen molar-refractivity contribution in [1.29, 1.82) is 0 Å². The largest absolute Gasteiger partial charge is 0.494 e. The maximum Gasteiger partial charge on any atom is 0.190 e. The van der Waals surface area contributed by atoms with E-state index in [9.17, 15) is 0 Å². The van der Waals surface area contributed by atoms with Crippen LogP contribution in [0, 0.1) is 0 Å². The highest BCUT2D eigenvalue weighted by Crippen LogP contribution is 2.08. The van der Waals surface area contributed by atoms with Crippen LogP contribution in [-0.4, -0.2) is 81.8 Å². The molecule has 1 heterocycles. The first-order chi connectivity index (χ1) is 13.3. The van der Waals surface area contributed by atoms with Crippen LogP contribution in [0.15, 0.2) is 35.3 Å². The van der Waals surface area contributed by atoms with Crippen molar-refractivity contribution in [1.82, 2.24) is 20.4 Å². The molecule has 2 N–H and O–H groups in total. The van der Waals surface area contributed by atoms with Crippen molar-refractivity contribution in [3.63, 3.8) is 0 Å². The van der Waals surface area contributed by atoms with E-state index in [-0.39, 0.29) is 24.0 Å². The number of hydrogen-bond acceptors (Lipinski definition) is 4. The van der Waals surface area contributed by atoms with Gasteiger partial charge in [0, 0.05) is 46.3 Å². The number of rotatable bonds is 11. The summed E-state index contributed by atoms with van der Waals surface area (Å²) in [5.74, 6) is 1.81. The van der Waals surface area contributed by atoms with Crippen LogP contribution in [0.5, 0.6) is 5.75 Å². The van der Waals surface area contributed by atoms with Gasteiger partial charge < -0.3 is 25.2 Å². The molecule has 0 radical (unpaired) electrons. The van der Waals surface area contributed by atoms with E-state index in [0.29, 0.717) is 6.61 Å². The lowest BCUT2D eigenvalue weighted by atomic mass is 10.2. The molecular formula is C21H38IN5O. The molecule has 28 heavy (non-hydrogen) atoms. The zero-order valence-electron chi connectivity index (χ0n) is 17.5. The van der Waals surface area contributed by atoms with E-state index in [1.165, 1.54) is 52.1 Å². The Balaban J connectivity index is 0.00000392. The minimum absolute atomic E-state index is 0. The molecule has 1 aliphatic heterocycles. The number of unbranched alkanes of at least 4 members (excludes halogenated alkanes) is 1. The molecule has 7 heteroatoms. The van der Waals surface area contributed by atoms with Crippen molar-refractivity contribution in [3.8, 4) is 5.75 Å². The number of guanidine groups is 1. The monoisotopic (exact) mass is 503 g/mol. The van der Waals surface area contributed by atoms with Crippen molar-refractivity contribution in [2.75, 3.05) is 66.0 Å². The van der Waals surface area contributed by atoms with E-state index in [1.807, 2.05) is 37.4 Å². The highest BCUT2D eigenvalue weighted by molar-refractivity contribution is 14.0. The van der Waals surface area contributed by atoms with Crippen LogP contribution in [0.3, 0.4) is 0 Å².